The van der Waals surface area contributed by atoms with Crippen molar-refractivity contribution in [2.75, 3.05) is 19.7 Å². The van der Waals surface area contributed by atoms with E-state index in [2.05, 4.69) is 12.2 Å². The zero-order chi connectivity index (χ0) is 20.2. The molecule has 1 aromatic rings. The molecule has 0 aliphatic carbocycles. The molecule has 27 heavy (non-hydrogen) atoms. The first-order chi connectivity index (χ1) is 12.5. The molecule has 7 nitrogen and oxygen atoms in total. The molecule has 2 rings (SSSR count). The topological polar surface area (TPSA) is 92.8 Å². The first-order valence-electron chi connectivity index (χ1n) is 9.07. The molecule has 1 aliphatic rings. The van der Waals surface area contributed by atoms with Crippen molar-refractivity contribution in [1.82, 2.24) is 9.62 Å². The Balaban J connectivity index is 1.98. The Morgan fingerprint density at radius 2 is 1.70 bits per heavy atom. The molecule has 1 saturated heterocycles. The highest BCUT2D eigenvalue weighted by molar-refractivity contribution is 7.89. The average molecular weight is 397 g/mol. The number of hydrogen-bond donors (Lipinski definition) is 1. The lowest BCUT2D eigenvalue weighted by atomic mass is 10.0. The Kier molecular flexibility index (Phi) is 6.64. The lowest BCUT2D eigenvalue weighted by Gasteiger charge is -2.29. The van der Waals surface area contributed by atoms with Crippen molar-refractivity contribution >= 4 is 21.9 Å². The molecule has 150 valence electrons. The molecule has 1 aromatic carbocycles. The van der Waals surface area contributed by atoms with Crippen LogP contribution in [0.5, 0.6) is 0 Å². The van der Waals surface area contributed by atoms with Crippen molar-refractivity contribution in [1.29, 1.82) is 0 Å². The molecule has 0 atom stereocenters. The minimum absolute atomic E-state index is 0.152. The van der Waals surface area contributed by atoms with Crippen LogP contribution in [-0.2, 0) is 19.6 Å². The van der Waals surface area contributed by atoms with Gasteiger partial charge in [-0.2, -0.15) is 4.31 Å². The van der Waals surface area contributed by atoms with Crippen molar-refractivity contribution in [3.63, 3.8) is 0 Å². The van der Waals surface area contributed by atoms with Gasteiger partial charge in [-0.15, -0.1) is 0 Å². The highest BCUT2D eigenvalue weighted by Gasteiger charge is 2.28. The summed E-state index contributed by atoms with van der Waals surface area (Å²) in [5.41, 5.74) is -0.212. The van der Waals surface area contributed by atoms with Crippen LogP contribution < -0.4 is 5.32 Å². The number of ether oxygens (including phenoxy) is 1. The molecule has 1 heterocycles. The lowest BCUT2D eigenvalue weighted by Crippen LogP contribution is -2.42. The minimum atomic E-state index is -3.56. The maximum atomic E-state index is 12.7. The van der Waals surface area contributed by atoms with Crippen molar-refractivity contribution < 1.29 is 22.7 Å². The van der Waals surface area contributed by atoms with Gasteiger partial charge in [0.2, 0.25) is 10.0 Å². The number of carbonyl (C=O) groups is 2. The second-order valence-electron chi connectivity index (χ2n) is 7.99. The molecule has 1 aliphatic heterocycles. The fourth-order valence-electron chi connectivity index (χ4n) is 2.81. The van der Waals surface area contributed by atoms with E-state index in [1.807, 2.05) is 20.8 Å². The van der Waals surface area contributed by atoms with E-state index in [1.54, 1.807) is 0 Å². The summed E-state index contributed by atoms with van der Waals surface area (Å²) in [6.45, 7) is 8.24. The van der Waals surface area contributed by atoms with Gasteiger partial charge in [0.1, 0.15) is 0 Å². The Bertz CT molecular complexity index is 773. The maximum Gasteiger partial charge on any atom is 0.338 e. The maximum absolute atomic E-state index is 12.7. The van der Waals surface area contributed by atoms with Crippen LogP contribution in [0.25, 0.3) is 0 Å². The summed E-state index contributed by atoms with van der Waals surface area (Å²) in [6, 6.07) is 5.62. The van der Waals surface area contributed by atoms with E-state index in [0.717, 1.165) is 12.8 Å². The molecule has 0 spiro atoms. The van der Waals surface area contributed by atoms with E-state index in [1.165, 1.54) is 28.6 Å². The Morgan fingerprint density at radius 3 is 2.22 bits per heavy atom. The van der Waals surface area contributed by atoms with Crippen LogP contribution in [0.1, 0.15) is 50.9 Å². The minimum Gasteiger partial charge on any atom is -0.452 e. The Hall–Kier alpha value is -1.93. The van der Waals surface area contributed by atoms with E-state index in [0.29, 0.717) is 19.0 Å². The smallest absolute Gasteiger partial charge is 0.338 e. The molecule has 0 aromatic heterocycles. The number of rotatable bonds is 5. The number of nitrogens with zero attached hydrogens (tertiary/aromatic N) is 1. The van der Waals surface area contributed by atoms with Gasteiger partial charge in [0.05, 0.1) is 10.5 Å². The van der Waals surface area contributed by atoms with E-state index in [9.17, 15) is 18.0 Å². The zero-order valence-corrected chi connectivity index (χ0v) is 17.1. The van der Waals surface area contributed by atoms with Crippen molar-refractivity contribution in [3.8, 4) is 0 Å². The van der Waals surface area contributed by atoms with Crippen LogP contribution in [0.15, 0.2) is 29.2 Å². The number of sulfonamides is 1. The fourth-order valence-corrected chi connectivity index (χ4v) is 4.28. The molecule has 1 amide bonds. The number of amides is 1. The number of piperidine rings is 1. The predicted molar refractivity (Wildman–Crippen MR) is 102 cm³/mol. The highest BCUT2D eigenvalue weighted by atomic mass is 32.2. The summed E-state index contributed by atoms with van der Waals surface area (Å²) < 4.78 is 31.8. The van der Waals surface area contributed by atoms with Crippen LogP contribution in [-0.4, -0.2) is 49.8 Å². The normalized spacial score (nSPS) is 16.7. The summed E-state index contributed by atoms with van der Waals surface area (Å²) in [4.78, 5) is 23.9. The quantitative estimate of drug-likeness (QED) is 0.770. The van der Waals surface area contributed by atoms with Gasteiger partial charge in [-0.05, 0) is 63.8 Å². The fraction of sp³-hybridized carbons (Fsp3) is 0.579. The molecule has 1 fully saturated rings. The van der Waals surface area contributed by atoms with Crippen LogP contribution in [0.4, 0.5) is 0 Å². The number of esters is 1. The van der Waals surface area contributed by atoms with Crippen LogP contribution in [0.2, 0.25) is 0 Å². The predicted octanol–water partition coefficient (Wildman–Crippen LogP) is 2.18. The van der Waals surface area contributed by atoms with Gasteiger partial charge < -0.3 is 10.1 Å². The third-order valence-electron chi connectivity index (χ3n) is 4.32. The van der Waals surface area contributed by atoms with Gasteiger partial charge in [0.15, 0.2) is 6.61 Å². The number of carbonyl (C=O) groups excluding carboxylic acids is 2. The van der Waals surface area contributed by atoms with Gasteiger partial charge in [-0.3, -0.25) is 4.79 Å². The van der Waals surface area contributed by atoms with E-state index < -0.39 is 27.4 Å². The Labute approximate surface area is 161 Å². The van der Waals surface area contributed by atoms with Crippen molar-refractivity contribution in [3.05, 3.63) is 29.8 Å². The first-order valence-corrected chi connectivity index (χ1v) is 10.5. The lowest BCUT2D eigenvalue weighted by molar-refractivity contribution is -0.125. The summed E-state index contributed by atoms with van der Waals surface area (Å²) >= 11 is 0. The van der Waals surface area contributed by atoms with Crippen molar-refractivity contribution in [2.24, 2.45) is 5.92 Å². The van der Waals surface area contributed by atoms with E-state index >= 15 is 0 Å². The summed E-state index contributed by atoms with van der Waals surface area (Å²) in [7, 11) is -3.56. The Morgan fingerprint density at radius 1 is 1.15 bits per heavy atom. The third kappa shape index (κ3) is 6.04. The summed E-state index contributed by atoms with van der Waals surface area (Å²) in [5.74, 6) is -0.534. The van der Waals surface area contributed by atoms with E-state index in [-0.39, 0.29) is 17.1 Å². The number of hydrogen-bond acceptors (Lipinski definition) is 5. The molecule has 1 N–H and O–H groups in total. The second kappa shape index (κ2) is 8.39. The average Bonchev–Trinajstić information content (AvgIpc) is 2.58. The zero-order valence-electron chi connectivity index (χ0n) is 16.3. The van der Waals surface area contributed by atoms with Crippen molar-refractivity contribution in [2.45, 2.75) is 51.0 Å². The summed E-state index contributed by atoms with van der Waals surface area (Å²) in [6.07, 6.45) is 1.69. The largest absolute Gasteiger partial charge is 0.452 e. The second-order valence-corrected chi connectivity index (χ2v) is 9.92. The van der Waals surface area contributed by atoms with Gasteiger partial charge in [0, 0.05) is 18.6 Å². The number of benzene rings is 1. The van der Waals surface area contributed by atoms with Crippen LogP contribution in [0, 0.1) is 5.92 Å². The van der Waals surface area contributed by atoms with Gasteiger partial charge in [-0.1, -0.05) is 6.92 Å². The molecule has 0 radical (unpaired) electrons. The van der Waals surface area contributed by atoms with Gasteiger partial charge in [-0.25, -0.2) is 13.2 Å². The van der Waals surface area contributed by atoms with Crippen LogP contribution >= 0.6 is 0 Å². The molecule has 0 unspecified atom stereocenters. The molecular formula is C19H28N2O5S. The third-order valence-corrected chi connectivity index (χ3v) is 6.23. The van der Waals surface area contributed by atoms with E-state index in [4.69, 9.17) is 4.74 Å². The molecule has 0 saturated carbocycles. The highest BCUT2D eigenvalue weighted by Crippen LogP contribution is 2.23. The summed E-state index contributed by atoms with van der Waals surface area (Å²) in [5, 5.41) is 2.69. The van der Waals surface area contributed by atoms with Crippen LogP contribution in [0.3, 0.4) is 0 Å². The van der Waals surface area contributed by atoms with Gasteiger partial charge in [0.25, 0.3) is 5.91 Å². The first kappa shape index (κ1) is 21.4. The van der Waals surface area contributed by atoms with Gasteiger partial charge >= 0.3 is 5.97 Å². The molecule has 8 heteroatoms. The molecular weight excluding hydrogens is 368 g/mol. The standard InChI is InChI=1S/C19H28N2O5S/c1-14-9-11-21(12-10-14)27(24,25)16-7-5-15(6-8-16)18(23)26-13-17(22)20-19(2,3)4/h5-8,14H,9-13H2,1-4H3,(H,20,22). The number of nitrogens with one attached hydrogen (secondary N) is 1. The monoisotopic (exact) mass is 396 g/mol. The SMILES string of the molecule is CC1CCN(S(=O)(=O)c2ccc(C(=O)OCC(=O)NC(C)(C)C)cc2)CC1. The molecule has 0 bridgehead atoms.